The average Bonchev–Trinajstić information content (AvgIpc) is 2.91. The molecule has 1 heterocycles. The normalized spacial score (nSPS) is 18.2. The minimum absolute atomic E-state index is 0.0586. The number of hydrogen-bond acceptors (Lipinski definition) is 3. The standard InChI is InChI=1S/C16H20N2OS/c17-15(19)11-18-16(8-4-1-5-9-16)14-10-12-6-2-3-7-13(12)20-14/h2-3,6-7,10,18H,1,4-5,8-9,11H2,(H2,17,19). The highest BCUT2D eigenvalue weighted by Gasteiger charge is 2.35. The molecule has 4 heteroatoms. The molecule has 3 rings (SSSR count). The van der Waals surface area contributed by atoms with E-state index in [0.29, 0.717) is 0 Å². The number of fused-ring (bicyclic) bond motifs is 1. The van der Waals surface area contributed by atoms with E-state index in [1.54, 1.807) is 0 Å². The second-order valence-corrected chi connectivity index (χ2v) is 6.69. The van der Waals surface area contributed by atoms with Gasteiger partial charge in [0.05, 0.1) is 12.1 Å². The molecule has 0 atom stereocenters. The van der Waals surface area contributed by atoms with Crippen molar-refractivity contribution in [2.24, 2.45) is 5.73 Å². The number of carbonyl (C=O) groups excluding carboxylic acids is 1. The van der Waals surface area contributed by atoms with Crippen LogP contribution >= 0.6 is 11.3 Å². The van der Waals surface area contributed by atoms with Gasteiger partial charge in [-0.3, -0.25) is 10.1 Å². The van der Waals surface area contributed by atoms with Crippen LogP contribution in [-0.4, -0.2) is 12.5 Å². The Labute approximate surface area is 123 Å². The molecule has 0 radical (unpaired) electrons. The quantitative estimate of drug-likeness (QED) is 0.908. The molecule has 0 bridgehead atoms. The third-order valence-corrected chi connectivity index (χ3v) is 5.53. The molecule has 3 N–H and O–H groups in total. The minimum Gasteiger partial charge on any atom is -0.369 e. The molecule has 0 spiro atoms. The van der Waals surface area contributed by atoms with E-state index >= 15 is 0 Å². The van der Waals surface area contributed by atoms with Crippen molar-refractivity contribution >= 4 is 27.3 Å². The van der Waals surface area contributed by atoms with Crippen molar-refractivity contribution in [3.05, 3.63) is 35.2 Å². The molecule has 1 amide bonds. The van der Waals surface area contributed by atoms with Crippen LogP contribution in [0, 0.1) is 0 Å². The van der Waals surface area contributed by atoms with E-state index in [4.69, 9.17) is 5.73 Å². The first kappa shape index (κ1) is 13.6. The number of primary amides is 1. The van der Waals surface area contributed by atoms with Crippen LogP contribution in [0.2, 0.25) is 0 Å². The van der Waals surface area contributed by atoms with Crippen molar-refractivity contribution in [1.29, 1.82) is 0 Å². The summed E-state index contributed by atoms with van der Waals surface area (Å²) >= 11 is 1.84. The summed E-state index contributed by atoms with van der Waals surface area (Å²) in [6.45, 7) is 0.258. The van der Waals surface area contributed by atoms with Crippen molar-refractivity contribution in [1.82, 2.24) is 5.32 Å². The van der Waals surface area contributed by atoms with Crippen LogP contribution in [-0.2, 0) is 10.3 Å². The van der Waals surface area contributed by atoms with Crippen LogP contribution < -0.4 is 11.1 Å². The van der Waals surface area contributed by atoms with Gasteiger partial charge in [-0.1, -0.05) is 37.5 Å². The van der Waals surface area contributed by atoms with Gasteiger partial charge < -0.3 is 5.73 Å². The Morgan fingerprint density at radius 2 is 2.00 bits per heavy atom. The van der Waals surface area contributed by atoms with Crippen molar-refractivity contribution in [3.8, 4) is 0 Å². The van der Waals surface area contributed by atoms with Crippen molar-refractivity contribution in [2.75, 3.05) is 6.54 Å². The molecule has 1 aromatic carbocycles. The van der Waals surface area contributed by atoms with Gasteiger partial charge in [-0.15, -0.1) is 11.3 Å². The van der Waals surface area contributed by atoms with Crippen molar-refractivity contribution in [2.45, 2.75) is 37.6 Å². The Kier molecular flexibility index (Phi) is 3.76. The molecule has 1 saturated carbocycles. The molecule has 3 nitrogen and oxygen atoms in total. The van der Waals surface area contributed by atoms with Gasteiger partial charge in [-0.2, -0.15) is 0 Å². The molecule has 1 aromatic heterocycles. The maximum Gasteiger partial charge on any atom is 0.231 e. The summed E-state index contributed by atoms with van der Waals surface area (Å²) in [7, 11) is 0. The van der Waals surface area contributed by atoms with Gasteiger partial charge >= 0.3 is 0 Å². The van der Waals surface area contributed by atoms with Gasteiger partial charge in [0.2, 0.25) is 5.91 Å². The van der Waals surface area contributed by atoms with Gasteiger partial charge in [-0.25, -0.2) is 0 Å². The van der Waals surface area contributed by atoms with Gasteiger partial charge in [0.15, 0.2) is 0 Å². The summed E-state index contributed by atoms with van der Waals surface area (Å²) in [5.74, 6) is -0.281. The fraction of sp³-hybridized carbons (Fsp3) is 0.438. The number of amides is 1. The van der Waals surface area contributed by atoms with E-state index < -0.39 is 0 Å². The fourth-order valence-electron chi connectivity index (χ4n) is 3.14. The van der Waals surface area contributed by atoms with Crippen LogP contribution in [0.25, 0.3) is 10.1 Å². The average molecular weight is 288 g/mol. The lowest BCUT2D eigenvalue weighted by molar-refractivity contribution is -0.117. The smallest absolute Gasteiger partial charge is 0.231 e. The molecular weight excluding hydrogens is 268 g/mol. The predicted molar refractivity (Wildman–Crippen MR) is 83.8 cm³/mol. The van der Waals surface area contributed by atoms with Crippen LogP contribution in [0.4, 0.5) is 0 Å². The van der Waals surface area contributed by atoms with Crippen molar-refractivity contribution < 1.29 is 4.79 Å². The number of nitrogens with two attached hydrogens (primary N) is 1. The maximum atomic E-state index is 11.2. The largest absolute Gasteiger partial charge is 0.369 e. The number of nitrogens with one attached hydrogen (secondary N) is 1. The Hall–Kier alpha value is -1.39. The van der Waals surface area contributed by atoms with Gasteiger partial charge in [0.25, 0.3) is 0 Å². The summed E-state index contributed by atoms with van der Waals surface area (Å²) in [5, 5.41) is 4.74. The van der Waals surface area contributed by atoms with E-state index in [9.17, 15) is 4.79 Å². The second-order valence-electron chi connectivity index (χ2n) is 5.61. The molecule has 0 unspecified atom stereocenters. The monoisotopic (exact) mass is 288 g/mol. The summed E-state index contributed by atoms with van der Waals surface area (Å²) in [4.78, 5) is 12.5. The highest BCUT2D eigenvalue weighted by molar-refractivity contribution is 7.19. The summed E-state index contributed by atoms with van der Waals surface area (Å²) in [6.07, 6.45) is 5.88. The Morgan fingerprint density at radius 1 is 1.25 bits per heavy atom. The SMILES string of the molecule is NC(=O)CNC1(c2cc3ccccc3s2)CCCCC1. The maximum absolute atomic E-state index is 11.2. The second kappa shape index (κ2) is 5.54. The zero-order valence-corrected chi connectivity index (χ0v) is 12.3. The van der Waals surface area contributed by atoms with Gasteiger partial charge in [0, 0.05) is 9.58 Å². The molecule has 0 saturated heterocycles. The summed E-state index contributed by atoms with van der Waals surface area (Å²) in [6, 6.07) is 10.7. The lowest BCUT2D eigenvalue weighted by Gasteiger charge is -2.37. The fourth-order valence-corrected chi connectivity index (χ4v) is 4.43. The number of hydrogen-bond donors (Lipinski definition) is 2. The van der Waals surface area contributed by atoms with E-state index in [-0.39, 0.29) is 18.0 Å². The number of carbonyl (C=O) groups is 1. The number of rotatable bonds is 4. The molecule has 0 aliphatic heterocycles. The summed E-state index contributed by atoms with van der Waals surface area (Å²) < 4.78 is 1.31. The van der Waals surface area contributed by atoms with E-state index in [2.05, 4.69) is 35.6 Å². The van der Waals surface area contributed by atoms with Gasteiger partial charge in [-0.05, 0) is 30.4 Å². The molecule has 2 aromatic rings. The minimum atomic E-state index is -0.281. The van der Waals surface area contributed by atoms with E-state index in [0.717, 1.165) is 12.8 Å². The molecular formula is C16H20N2OS. The van der Waals surface area contributed by atoms with E-state index in [1.807, 2.05) is 11.3 Å². The first-order chi connectivity index (χ1) is 9.70. The first-order valence-corrected chi connectivity index (χ1v) is 8.04. The lowest BCUT2D eigenvalue weighted by atomic mass is 9.80. The third-order valence-electron chi connectivity index (χ3n) is 4.21. The highest BCUT2D eigenvalue weighted by atomic mass is 32.1. The van der Waals surface area contributed by atoms with Crippen LogP contribution in [0.3, 0.4) is 0 Å². The highest BCUT2D eigenvalue weighted by Crippen LogP contribution is 2.42. The predicted octanol–water partition coefficient (Wildman–Crippen LogP) is 3.14. The molecule has 20 heavy (non-hydrogen) atoms. The topological polar surface area (TPSA) is 55.1 Å². The first-order valence-electron chi connectivity index (χ1n) is 7.22. The third kappa shape index (κ3) is 2.58. The Morgan fingerprint density at radius 3 is 2.70 bits per heavy atom. The van der Waals surface area contributed by atoms with Crippen LogP contribution in [0.15, 0.2) is 30.3 Å². The molecule has 1 fully saturated rings. The zero-order valence-electron chi connectivity index (χ0n) is 11.5. The summed E-state index contributed by atoms with van der Waals surface area (Å²) in [5.41, 5.74) is 5.27. The zero-order chi connectivity index (χ0) is 14.0. The molecule has 106 valence electrons. The molecule has 1 aliphatic rings. The Bertz CT molecular complexity index is 581. The molecule has 1 aliphatic carbocycles. The van der Waals surface area contributed by atoms with E-state index in [1.165, 1.54) is 34.2 Å². The number of benzene rings is 1. The van der Waals surface area contributed by atoms with Crippen molar-refractivity contribution in [3.63, 3.8) is 0 Å². The Balaban J connectivity index is 1.96. The number of thiophene rings is 1. The lowest BCUT2D eigenvalue weighted by Crippen LogP contribution is -2.46. The van der Waals surface area contributed by atoms with Crippen LogP contribution in [0.5, 0.6) is 0 Å². The van der Waals surface area contributed by atoms with Gasteiger partial charge in [0.1, 0.15) is 0 Å². The van der Waals surface area contributed by atoms with Crippen LogP contribution in [0.1, 0.15) is 37.0 Å².